The fourth-order valence-corrected chi connectivity index (χ4v) is 7.21. The Hall–Kier alpha value is -2.72. The fourth-order valence-electron chi connectivity index (χ4n) is 6.86. The van der Waals surface area contributed by atoms with E-state index in [0.29, 0.717) is 42.0 Å². The van der Waals surface area contributed by atoms with E-state index in [1.807, 2.05) is 0 Å². The Kier molecular flexibility index (Phi) is 8.11. The average Bonchev–Trinajstić information content (AvgIpc) is 3.55. The largest absolute Gasteiger partial charge is 0.461 e. The first-order valence-electron chi connectivity index (χ1n) is 13.9. The lowest BCUT2D eigenvalue weighted by Crippen LogP contribution is -2.49. The molecule has 5 N–H and O–H groups in total. The van der Waals surface area contributed by atoms with Crippen LogP contribution in [0.1, 0.15) is 63.5 Å². The van der Waals surface area contributed by atoms with E-state index in [9.17, 15) is 14.4 Å². The summed E-state index contributed by atoms with van der Waals surface area (Å²) < 4.78 is 21.2. The molecular formula is C30H35Cl2FN4O4. The number of amides is 2. The van der Waals surface area contributed by atoms with Crippen LogP contribution in [0.5, 0.6) is 0 Å². The Balaban J connectivity index is 1.59. The molecule has 1 spiro atoms. The minimum absolute atomic E-state index is 0.0915. The third kappa shape index (κ3) is 5.45. The lowest BCUT2D eigenvalue weighted by molar-refractivity contribution is -0.146. The number of nitrogens with one attached hydrogen (secondary N) is 3. The molecule has 0 radical (unpaired) electrons. The van der Waals surface area contributed by atoms with Gasteiger partial charge in [-0.3, -0.25) is 14.4 Å². The Bertz CT molecular complexity index is 1380. The smallest absolute Gasteiger partial charge is 0.319 e. The van der Waals surface area contributed by atoms with Crippen LogP contribution in [0.4, 0.5) is 10.1 Å². The summed E-state index contributed by atoms with van der Waals surface area (Å²) >= 11 is 12.5. The topological polar surface area (TPSA) is 123 Å². The summed E-state index contributed by atoms with van der Waals surface area (Å²) in [6.45, 7) is 5.96. The van der Waals surface area contributed by atoms with Crippen LogP contribution in [0.2, 0.25) is 10.0 Å². The van der Waals surface area contributed by atoms with Crippen LogP contribution in [0.15, 0.2) is 36.4 Å². The normalized spacial score (nSPS) is 29.0. The van der Waals surface area contributed by atoms with Crippen molar-refractivity contribution in [3.05, 3.63) is 63.4 Å². The highest BCUT2D eigenvalue weighted by atomic mass is 35.5. The van der Waals surface area contributed by atoms with E-state index in [-0.39, 0.29) is 46.5 Å². The molecule has 6 atom stereocenters. The molecule has 6 unspecified atom stereocenters. The van der Waals surface area contributed by atoms with E-state index < -0.39 is 35.2 Å². The second kappa shape index (κ2) is 11.2. The highest BCUT2D eigenvalue weighted by Gasteiger charge is 2.66. The third-order valence-electron chi connectivity index (χ3n) is 8.42. The van der Waals surface area contributed by atoms with Crippen LogP contribution in [0.25, 0.3) is 0 Å². The monoisotopic (exact) mass is 604 g/mol. The zero-order chi connectivity index (χ0) is 29.7. The molecule has 1 saturated heterocycles. The molecule has 2 aromatic rings. The number of anilines is 1. The molecule has 8 nitrogen and oxygen atoms in total. The molecule has 0 aromatic heterocycles. The molecular weight excluding hydrogens is 570 g/mol. The van der Waals surface area contributed by atoms with Gasteiger partial charge in [-0.15, -0.1) is 0 Å². The third-order valence-corrected chi connectivity index (χ3v) is 8.94. The van der Waals surface area contributed by atoms with E-state index in [4.69, 9.17) is 33.7 Å². The Morgan fingerprint density at radius 2 is 1.95 bits per heavy atom. The molecule has 2 fully saturated rings. The number of benzene rings is 2. The summed E-state index contributed by atoms with van der Waals surface area (Å²) in [5.74, 6) is -2.78. The number of hydrogen-bond donors (Lipinski definition) is 4. The number of rotatable bonds is 6. The number of halogens is 3. The minimum atomic E-state index is -1.32. The molecule has 220 valence electrons. The summed E-state index contributed by atoms with van der Waals surface area (Å²) in [5.41, 5.74) is 5.19. The van der Waals surface area contributed by atoms with Crippen molar-refractivity contribution in [3.63, 3.8) is 0 Å². The van der Waals surface area contributed by atoms with Gasteiger partial charge in [0.15, 0.2) is 0 Å². The summed E-state index contributed by atoms with van der Waals surface area (Å²) in [4.78, 5) is 39.9. The Labute approximate surface area is 248 Å². The number of nitrogens with two attached hydrogens (primary N) is 1. The van der Waals surface area contributed by atoms with Crippen LogP contribution in [0, 0.1) is 11.2 Å². The van der Waals surface area contributed by atoms with E-state index >= 15 is 4.39 Å². The molecule has 1 saturated carbocycles. The molecule has 1 aliphatic carbocycles. The highest BCUT2D eigenvalue weighted by molar-refractivity contribution is 6.31. The van der Waals surface area contributed by atoms with E-state index in [1.54, 1.807) is 30.3 Å². The molecule has 2 amide bonds. The van der Waals surface area contributed by atoms with Gasteiger partial charge in [-0.1, -0.05) is 62.2 Å². The van der Waals surface area contributed by atoms with Crippen LogP contribution < -0.4 is 21.7 Å². The molecule has 11 heteroatoms. The molecule has 41 heavy (non-hydrogen) atoms. The van der Waals surface area contributed by atoms with Gasteiger partial charge in [0, 0.05) is 35.1 Å². The molecule has 0 bridgehead atoms. The maximum absolute atomic E-state index is 15.9. The lowest BCUT2D eigenvalue weighted by atomic mass is 9.62. The Morgan fingerprint density at radius 3 is 2.66 bits per heavy atom. The number of carbonyl (C=O) groups is 3. The van der Waals surface area contributed by atoms with Crippen molar-refractivity contribution in [1.29, 1.82) is 0 Å². The summed E-state index contributed by atoms with van der Waals surface area (Å²) in [6, 6.07) is 8.09. The van der Waals surface area contributed by atoms with Crippen LogP contribution in [-0.4, -0.2) is 48.6 Å². The molecule has 3 aliphatic rings. The first-order chi connectivity index (χ1) is 19.3. The zero-order valence-electron chi connectivity index (χ0n) is 23.2. The van der Waals surface area contributed by atoms with Crippen LogP contribution in [0.3, 0.4) is 0 Å². The van der Waals surface area contributed by atoms with Crippen molar-refractivity contribution in [3.8, 4) is 0 Å². The number of hydrogen-bond acceptors (Lipinski definition) is 6. The average molecular weight is 606 g/mol. The standard InChI is InChI=1S/C30H35Cl2FN4O4/c1-29(2,3)13-22-30(19-10-7-15(31)11-21(19)36-28(30)40)24(18-5-4-6-20(32)25(18)33)26(37-22)27(39)35-16-8-9-17(12-16)41-23(38)14-34/h4-7,10-11,16-17,22,24,26,37H,8-9,12-14,34H2,1-3H3,(H,35,39)(H,36,40). The van der Waals surface area contributed by atoms with Gasteiger partial charge in [-0.05, 0) is 54.0 Å². The van der Waals surface area contributed by atoms with Gasteiger partial charge in [0.25, 0.3) is 0 Å². The fraction of sp³-hybridized carbons (Fsp3) is 0.500. The summed E-state index contributed by atoms with van der Waals surface area (Å²) in [6.07, 6.45) is 1.82. The van der Waals surface area contributed by atoms with Gasteiger partial charge in [-0.2, -0.15) is 0 Å². The van der Waals surface area contributed by atoms with Gasteiger partial charge in [0.2, 0.25) is 11.8 Å². The Morgan fingerprint density at radius 1 is 1.20 bits per heavy atom. The van der Waals surface area contributed by atoms with Gasteiger partial charge < -0.3 is 26.4 Å². The quantitative estimate of drug-likeness (QED) is 0.362. The summed E-state index contributed by atoms with van der Waals surface area (Å²) in [5, 5.41) is 9.88. The maximum atomic E-state index is 15.9. The number of carbonyl (C=O) groups excluding carboxylic acids is 3. The predicted octanol–water partition coefficient (Wildman–Crippen LogP) is 4.42. The minimum Gasteiger partial charge on any atom is -0.461 e. The van der Waals surface area contributed by atoms with Crippen molar-refractivity contribution in [2.45, 2.75) is 82.0 Å². The van der Waals surface area contributed by atoms with E-state index in [1.165, 1.54) is 6.07 Å². The van der Waals surface area contributed by atoms with Gasteiger partial charge in [0.05, 0.1) is 17.6 Å². The molecule has 5 rings (SSSR count). The highest BCUT2D eigenvalue weighted by Crippen LogP contribution is 2.57. The van der Waals surface area contributed by atoms with Crippen molar-refractivity contribution in [2.75, 3.05) is 11.9 Å². The van der Waals surface area contributed by atoms with Gasteiger partial charge in [0.1, 0.15) is 17.3 Å². The SMILES string of the molecule is CC(C)(C)CC1NC(C(=O)NC2CCC(OC(=O)CN)C2)C(c2cccc(Cl)c2F)C12C(=O)Nc1cc(Cl)ccc12. The first-order valence-corrected chi connectivity index (χ1v) is 14.6. The van der Waals surface area contributed by atoms with E-state index in [0.717, 1.165) is 0 Å². The second-order valence-corrected chi connectivity index (χ2v) is 13.3. The zero-order valence-corrected chi connectivity index (χ0v) is 24.7. The molecule has 2 aromatic carbocycles. The van der Waals surface area contributed by atoms with Crippen molar-refractivity contribution >= 4 is 46.7 Å². The first kappa shape index (κ1) is 29.8. The number of ether oxygens (including phenoxy) is 1. The van der Waals surface area contributed by atoms with Crippen LogP contribution in [-0.2, 0) is 24.5 Å². The van der Waals surface area contributed by atoms with Gasteiger partial charge in [-0.25, -0.2) is 4.39 Å². The van der Waals surface area contributed by atoms with Crippen molar-refractivity contribution < 1.29 is 23.5 Å². The maximum Gasteiger partial charge on any atom is 0.319 e. The molecule has 2 heterocycles. The second-order valence-electron chi connectivity index (χ2n) is 12.4. The van der Waals surface area contributed by atoms with Crippen molar-refractivity contribution in [2.24, 2.45) is 11.1 Å². The van der Waals surface area contributed by atoms with Crippen molar-refractivity contribution in [1.82, 2.24) is 10.6 Å². The summed E-state index contributed by atoms with van der Waals surface area (Å²) in [7, 11) is 0. The molecule has 2 aliphatic heterocycles. The predicted molar refractivity (Wildman–Crippen MR) is 155 cm³/mol. The van der Waals surface area contributed by atoms with Crippen LogP contribution >= 0.6 is 23.2 Å². The van der Waals surface area contributed by atoms with E-state index in [2.05, 4.69) is 36.7 Å². The number of fused-ring (bicyclic) bond motifs is 2. The van der Waals surface area contributed by atoms with Gasteiger partial charge >= 0.3 is 5.97 Å². The number of esters is 1. The lowest BCUT2D eigenvalue weighted by Gasteiger charge is -2.37.